The smallest absolute Gasteiger partial charge is 0.261 e. The molecule has 0 aliphatic heterocycles. The van der Waals surface area contributed by atoms with Crippen molar-refractivity contribution in [3.8, 4) is 5.75 Å². The van der Waals surface area contributed by atoms with Crippen LogP contribution in [0.1, 0.15) is 25.5 Å². The predicted molar refractivity (Wildman–Crippen MR) is 77.4 cm³/mol. The van der Waals surface area contributed by atoms with Crippen molar-refractivity contribution in [1.29, 1.82) is 0 Å². The summed E-state index contributed by atoms with van der Waals surface area (Å²) in [5, 5.41) is 3.10. The summed E-state index contributed by atoms with van der Waals surface area (Å²) >= 11 is 6.10. The molecule has 1 aromatic rings. The van der Waals surface area contributed by atoms with E-state index in [0.29, 0.717) is 17.3 Å². The number of amides is 1. The summed E-state index contributed by atoms with van der Waals surface area (Å²) in [7, 11) is 0. The van der Waals surface area contributed by atoms with Crippen molar-refractivity contribution in [2.45, 2.75) is 26.0 Å². The predicted octanol–water partition coefficient (Wildman–Crippen LogP) is 2.43. The fourth-order valence-electron chi connectivity index (χ4n) is 1.46. The second-order valence-electron chi connectivity index (χ2n) is 4.27. The zero-order valence-electron chi connectivity index (χ0n) is 11.2. The second kappa shape index (κ2) is 7.16. The molecule has 0 aromatic heterocycles. The summed E-state index contributed by atoms with van der Waals surface area (Å²) in [5.74, 6) is 0.250. The summed E-state index contributed by atoms with van der Waals surface area (Å²) in [5.41, 5.74) is 6.68. The fraction of sp³-hybridized carbons (Fsp3) is 0.357. The maximum absolute atomic E-state index is 11.6. The average molecular weight is 283 g/mol. The first-order valence-corrected chi connectivity index (χ1v) is 6.43. The van der Waals surface area contributed by atoms with Crippen molar-refractivity contribution in [2.75, 3.05) is 6.54 Å². The normalized spacial score (nSPS) is 13.5. The molecule has 1 amide bonds. The van der Waals surface area contributed by atoms with E-state index < -0.39 is 6.10 Å². The number of rotatable bonds is 6. The Bertz CT molecular complexity index is 461. The molecular weight excluding hydrogens is 264 g/mol. The molecule has 1 unspecified atom stereocenters. The van der Waals surface area contributed by atoms with Crippen LogP contribution >= 0.6 is 11.6 Å². The number of nitrogens with two attached hydrogens (primary N) is 1. The molecule has 1 aromatic carbocycles. The molecule has 0 aliphatic rings. The summed E-state index contributed by atoms with van der Waals surface area (Å²) in [4.78, 5) is 11.6. The van der Waals surface area contributed by atoms with Crippen molar-refractivity contribution in [3.05, 3.63) is 41.4 Å². The molecule has 1 rings (SSSR count). The van der Waals surface area contributed by atoms with Crippen molar-refractivity contribution in [3.63, 3.8) is 0 Å². The maximum Gasteiger partial charge on any atom is 0.261 e. The molecule has 0 spiro atoms. The van der Waals surface area contributed by atoms with Gasteiger partial charge in [0, 0.05) is 12.6 Å². The SMILES string of the molecule is C=CCNC(=O)C(C)Oc1ccc([C@H](C)N)cc1Cl. The maximum atomic E-state index is 11.6. The molecule has 0 saturated heterocycles. The van der Waals surface area contributed by atoms with Crippen LogP contribution in [-0.2, 0) is 4.79 Å². The Morgan fingerprint density at radius 2 is 2.26 bits per heavy atom. The highest BCUT2D eigenvalue weighted by Gasteiger charge is 2.15. The minimum atomic E-state index is -0.626. The van der Waals surface area contributed by atoms with Crippen LogP contribution < -0.4 is 15.8 Å². The van der Waals surface area contributed by atoms with Gasteiger partial charge in [0.25, 0.3) is 5.91 Å². The van der Waals surface area contributed by atoms with E-state index in [2.05, 4.69) is 11.9 Å². The van der Waals surface area contributed by atoms with E-state index in [1.807, 2.05) is 13.0 Å². The Morgan fingerprint density at radius 1 is 1.58 bits per heavy atom. The first kappa shape index (κ1) is 15.5. The standard InChI is InChI=1S/C14H19ClN2O2/c1-4-7-17-14(18)10(3)19-13-6-5-11(9(2)16)8-12(13)15/h4-6,8-10H,1,7,16H2,2-3H3,(H,17,18)/t9-,10?/m0/s1. The summed E-state index contributed by atoms with van der Waals surface area (Å²) in [6, 6.07) is 5.20. The molecule has 0 bridgehead atoms. The van der Waals surface area contributed by atoms with Crippen molar-refractivity contribution in [2.24, 2.45) is 5.73 Å². The van der Waals surface area contributed by atoms with E-state index in [9.17, 15) is 4.79 Å². The van der Waals surface area contributed by atoms with Gasteiger partial charge in [-0.15, -0.1) is 6.58 Å². The first-order valence-electron chi connectivity index (χ1n) is 6.06. The van der Waals surface area contributed by atoms with Gasteiger partial charge in [-0.1, -0.05) is 23.7 Å². The monoisotopic (exact) mass is 282 g/mol. The van der Waals surface area contributed by atoms with Crippen LogP contribution in [0.3, 0.4) is 0 Å². The lowest BCUT2D eigenvalue weighted by atomic mass is 10.1. The highest BCUT2D eigenvalue weighted by molar-refractivity contribution is 6.32. The largest absolute Gasteiger partial charge is 0.479 e. The number of hydrogen-bond acceptors (Lipinski definition) is 3. The van der Waals surface area contributed by atoms with E-state index in [0.717, 1.165) is 5.56 Å². The number of nitrogens with one attached hydrogen (secondary N) is 1. The van der Waals surface area contributed by atoms with Gasteiger partial charge in [0.1, 0.15) is 5.75 Å². The highest BCUT2D eigenvalue weighted by Crippen LogP contribution is 2.28. The number of ether oxygens (including phenoxy) is 1. The molecule has 19 heavy (non-hydrogen) atoms. The molecule has 0 saturated carbocycles. The molecule has 4 nitrogen and oxygen atoms in total. The van der Waals surface area contributed by atoms with Gasteiger partial charge in [0.05, 0.1) is 5.02 Å². The Balaban J connectivity index is 2.71. The van der Waals surface area contributed by atoms with Gasteiger partial charge in [-0.3, -0.25) is 4.79 Å². The molecule has 0 heterocycles. The zero-order chi connectivity index (χ0) is 14.4. The molecule has 2 atom stereocenters. The van der Waals surface area contributed by atoms with E-state index in [1.165, 1.54) is 0 Å². The average Bonchev–Trinajstić information content (AvgIpc) is 2.37. The van der Waals surface area contributed by atoms with Crippen LogP contribution in [0.4, 0.5) is 0 Å². The summed E-state index contributed by atoms with van der Waals surface area (Å²) < 4.78 is 5.52. The Kier molecular flexibility index (Phi) is 5.86. The Hall–Kier alpha value is -1.52. The minimum absolute atomic E-state index is 0.0973. The van der Waals surface area contributed by atoms with Gasteiger partial charge >= 0.3 is 0 Å². The zero-order valence-corrected chi connectivity index (χ0v) is 11.9. The van der Waals surface area contributed by atoms with Gasteiger partial charge in [0.2, 0.25) is 0 Å². The number of halogens is 1. The summed E-state index contributed by atoms with van der Waals surface area (Å²) in [6.07, 6.45) is 0.980. The third-order valence-electron chi connectivity index (χ3n) is 2.58. The molecule has 0 aliphatic carbocycles. The third-order valence-corrected chi connectivity index (χ3v) is 2.87. The number of benzene rings is 1. The van der Waals surface area contributed by atoms with Crippen molar-refractivity contribution >= 4 is 17.5 Å². The van der Waals surface area contributed by atoms with Crippen LogP contribution in [0.15, 0.2) is 30.9 Å². The van der Waals surface area contributed by atoms with Crippen molar-refractivity contribution < 1.29 is 9.53 Å². The second-order valence-corrected chi connectivity index (χ2v) is 4.68. The Labute approximate surface area is 118 Å². The van der Waals surface area contributed by atoms with Gasteiger partial charge < -0.3 is 15.8 Å². The van der Waals surface area contributed by atoms with E-state index in [1.54, 1.807) is 25.1 Å². The van der Waals surface area contributed by atoms with Crippen LogP contribution in [0.2, 0.25) is 5.02 Å². The Morgan fingerprint density at radius 3 is 2.79 bits per heavy atom. The minimum Gasteiger partial charge on any atom is -0.479 e. The van der Waals surface area contributed by atoms with Crippen LogP contribution in [0.5, 0.6) is 5.75 Å². The lowest BCUT2D eigenvalue weighted by Gasteiger charge is -2.16. The molecule has 0 radical (unpaired) electrons. The van der Waals surface area contributed by atoms with E-state index >= 15 is 0 Å². The number of hydrogen-bond donors (Lipinski definition) is 2. The molecule has 104 valence electrons. The van der Waals surface area contributed by atoms with E-state index in [4.69, 9.17) is 22.1 Å². The molecule has 0 fully saturated rings. The topological polar surface area (TPSA) is 64.3 Å². The van der Waals surface area contributed by atoms with Crippen LogP contribution in [-0.4, -0.2) is 18.6 Å². The molecular formula is C14H19ClN2O2. The summed E-state index contributed by atoms with van der Waals surface area (Å²) in [6.45, 7) is 7.47. The molecule has 5 heteroatoms. The fourth-order valence-corrected chi connectivity index (χ4v) is 1.69. The highest BCUT2D eigenvalue weighted by atomic mass is 35.5. The van der Waals surface area contributed by atoms with E-state index in [-0.39, 0.29) is 11.9 Å². The van der Waals surface area contributed by atoms with Gasteiger partial charge in [-0.25, -0.2) is 0 Å². The first-order chi connectivity index (χ1) is 8.95. The molecule has 3 N–H and O–H groups in total. The van der Waals surface area contributed by atoms with Crippen LogP contribution in [0.25, 0.3) is 0 Å². The van der Waals surface area contributed by atoms with Crippen LogP contribution in [0, 0.1) is 0 Å². The number of carbonyl (C=O) groups excluding carboxylic acids is 1. The lowest BCUT2D eigenvalue weighted by molar-refractivity contribution is -0.127. The van der Waals surface area contributed by atoms with Crippen molar-refractivity contribution in [1.82, 2.24) is 5.32 Å². The van der Waals surface area contributed by atoms with Gasteiger partial charge in [-0.05, 0) is 31.5 Å². The quantitative estimate of drug-likeness (QED) is 0.788. The van der Waals surface area contributed by atoms with Gasteiger partial charge in [-0.2, -0.15) is 0 Å². The number of carbonyl (C=O) groups is 1. The third kappa shape index (κ3) is 4.58. The van der Waals surface area contributed by atoms with Gasteiger partial charge in [0.15, 0.2) is 6.10 Å². The lowest BCUT2D eigenvalue weighted by Crippen LogP contribution is -2.36.